The Bertz CT molecular complexity index is 820. The zero-order valence-electron chi connectivity index (χ0n) is 12.2. The van der Waals surface area contributed by atoms with Crippen molar-refractivity contribution in [2.24, 2.45) is 0 Å². The minimum Gasteiger partial charge on any atom is -0.493 e. The van der Waals surface area contributed by atoms with Crippen LogP contribution in [0, 0.1) is 0 Å². The van der Waals surface area contributed by atoms with Gasteiger partial charge in [0, 0.05) is 10.7 Å². The van der Waals surface area contributed by atoms with Gasteiger partial charge in [0.25, 0.3) is 0 Å². The van der Waals surface area contributed by atoms with Crippen LogP contribution in [0.2, 0.25) is 0 Å². The van der Waals surface area contributed by atoms with Crippen LogP contribution >= 0.6 is 31.9 Å². The first-order valence-electron chi connectivity index (χ1n) is 7.11. The van der Waals surface area contributed by atoms with E-state index in [0.717, 1.165) is 10.7 Å². The summed E-state index contributed by atoms with van der Waals surface area (Å²) in [5, 5.41) is 2.46. The molecule has 1 aromatic heterocycles. The Hall–Kier alpha value is -1.53. The van der Waals surface area contributed by atoms with E-state index >= 15 is 0 Å². The molecule has 0 radical (unpaired) electrons. The van der Waals surface area contributed by atoms with E-state index in [2.05, 4.69) is 31.9 Å². The van der Waals surface area contributed by atoms with Gasteiger partial charge in [-0.25, -0.2) is 0 Å². The summed E-state index contributed by atoms with van der Waals surface area (Å²) >= 11 is 6.62. The SMILES string of the molecule is O=c1c2cc(OCCBr)ccc2oc2ccc(OCCBr)cc12. The van der Waals surface area contributed by atoms with Crippen LogP contribution < -0.4 is 14.9 Å². The first-order chi connectivity index (χ1) is 11.2. The van der Waals surface area contributed by atoms with E-state index in [1.807, 2.05) is 0 Å². The maximum absolute atomic E-state index is 12.8. The van der Waals surface area contributed by atoms with Gasteiger partial charge in [-0.05, 0) is 36.4 Å². The van der Waals surface area contributed by atoms with Crippen LogP contribution in [-0.2, 0) is 0 Å². The van der Waals surface area contributed by atoms with Crippen LogP contribution in [0.3, 0.4) is 0 Å². The first kappa shape index (κ1) is 16.3. The molecule has 23 heavy (non-hydrogen) atoms. The topological polar surface area (TPSA) is 48.7 Å². The molecule has 2 aromatic carbocycles. The summed E-state index contributed by atoms with van der Waals surface area (Å²) in [5.41, 5.74) is 1.00. The number of fused-ring (bicyclic) bond motifs is 2. The third-order valence-electron chi connectivity index (χ3n) is 3.30. The average Bonchev–Trinajstić information content (AvgIpc) is 2.59. The van der Waals surface area contributed by atoms with Gasteiger partial charge >= 0.3 is 0 Å². The second-order valence-corrected chi connectivity index (χ2v) is 6.41. The molecule has 3 rings (SSSR count). The van der Waals surface area contributed by atoms with Gasteiger partial charge < -0.3 is 13.9 Å². The summed E-state index contributed by atoms with van der Waals surface area (Å²) in [6.07, 6.45) is 0. The van der Waals surface area contributed by atoms with E-state index in [1.54, 1.807) is 36.4 Å². The normalized spacial score (nSPS) is 11.0. The smallest absolute Gasteiger partial charge is 0.200 e. The fourth-order valence-electron chi connectivity index (χ4n) is 2.31. The number of rotatable bonds is 6. The molecule has 0 aliphatic heterocycles. The van der Waals surface area contributed by atoms with E-state index in [-0.39, 0.29) is 5.43 Å². The summed E-state index contributed by atoms with van der Waals surface area (Å²) in [4.78, 5) is 12.8. The van der Waals surface area contributed by atoms with E-state index in [0.29, 0.717) is 46.7 Å². The molecule has 0 spiro atoms. The van der Waals surface area contributed by atoms with Crippen molar-refractivity contribution in [1.29, 1.82) is 0 Å². The summed E-state index contributed by atoms with van der Waals surface area (Å²) in [5.74, 6) is 1.30. The molecule has 0 fully saturated rings. The number of alkyl halides is 2. The monoisotopic (exact) mass is 440 g/mol. The summed E-state index contributed by atoms with van der Waals surface area (Å²) < 4.78 is 16.9. The van der Waals surface area contributed by atoms with Crippen LogP contribution in [0.4, 0.5) is 0 Å². The van der Waals surface area contributed by atoms with Crippen LogP contribution in [0.25, 0.3) is 21.9 Å². The van der Waals surface area contributed by atoms with E-state index in [1.165, 1.54) is 0 Å². The lowest BCUT2D eigenvalue weighted by Gasteiger charge is -2.07. The van der Waals surface area contributed by atoms with Crippen LogP contribution in [0.1, 0.15) is 0 Å². The molecule has 6 heteroatoms. The van der Waals surface area contributed by atoms with Crippen molar-refractivity contribution in [1.82, 2.24) is 0 Å². The Morgan fingerprint density at radius 1 is 0.826 bits per heavy atom. The van der Waals surface area contributed by atoms with Gasteiger partial charge in [0.15, 0.2) is 0 Å². The Morgan fingerprint density at radius 2 is 1.30 bits per heavy atom. The maximum atomic E-state index is 12.8. The number of benzene rings is 2. The fraction of sp³-hybridized carbons (Fsp3) is 0.235. The quantitative estimate of drug-likeness (QED) is 0.417. The van der Waals surface area contributed by atoms with Crippen molar-refractivity contribution in [3.63, 3.8) is 0 Å². The van der Waals surface area contributed by atoms with Crippen molar-refractivity contribution in [2.45, 2.75) is 0 Å². The number of hydrogen-bond donors (Lipinski definition) is 0. The Labute approximate surface area is 149 Å². The van der Waals surface area contributed by atoms with Crippen LogP contribution in [0.5, 0.6) is 11.5 Å². The molecule has 0 N–H and O–H groups in total. The molecule has 0 unspecified atom stereocenters. The Morgan fingerprint density at radius 3 is 1.74 bits per heavy atom. The van der Waals surface area contributed by atoms with Gasteiger partial charge in [0.05, 0.1) is 24.0 Å². The fourth-order valence-corrected chi connectivity index (χ4v) is 2.63. The molecule has 0 amide bonds. The summed E-state index contributed by atoms with van der Waals surface area (Å²) in [7, 11) is 0. The second kappa shape index (κ2) is 7.36. The van der Waals surface area contributed by atoms with Crippen LogP contribution in [0.15, 0.2) is 45.6 Å². The molecular formula is C17H14Br2O4. The number of hydrogen-bond acceptors (Lipinski definition) is 4. The molecule has 0 aliphatic carbocycles. The largest absolute Gasteiger partial charge is 0.493 e. The average molecular weight is 442 g/mol. The minimum absolute atomic E-state index is 0.0881. The third kappa shape index (κ3) is 3.53. The molecular weight excluding hydrogens is 428 g/mol. The van der Waals surface area contributed by atoms with Gasteiger partial charge in [0.1, 0.15) is 22.7 Å². The minimum atomic E-state index is -0.0881. The second-order valence-electron chi connectivity index (χ2n) is 4.82. The maximum Gasteiger partial charge on any atom is 0.200 e. The molecule has 0 saturated carbocycles. The highest BCUT2D eigenvalue weighted by Crippen LogP contribution is 2.25. The molecule has 0 bridgehead atoms. The zero-order valence-corrected chi connectivity index (χ0v) is 15.4. The van der Waals surface area contributed by atoms with Gasteiger partial charge in [-0.3, -0.25) is 4.79 Å². The highest BCUT2D eigenvalue weighted by molar-refractivity contribution is 9.09. The standard InChI is InChI=1S/C17H14Br2O4/c18-5-7-21-11-1-3-15-13(9-11)17(20)14-10-12(22-8-6-19)2-4-16(14)23-15/h1-4,9-10H,5-8H2. The lowest BCUT2D eigenvalue weighted by atomic mass is 10.1. The summed E-state index contributed by atoms with van der Waals surface area (Å²) in [6, 6.07) is 10.6. The van der Waals surface area contributed by atoms with E-state index in [4.69, 9.17) is 13.9 Å². The first-order valence-corrected chi connectivity index (χ1v) is 9.35. The molecule has 0 saturated heterocycles. The number of halogens is 2. The van der Waals surface area contributed by atoms with Crippen molar-refractivity contribution < 1.29 is 13.9 Å². The highest BCUT2D eigenvalue weighted by Gasteiger charge is 2.10. The van der Waals surface area contributed by atoms with Crippen LogP contribution in [-0.4, -0.2) is 23.9 Å². The van der Waals surface area contributed by atoms with E-state index in [9.17, 15) is 4.79 Å². The molecule has 0 aliphatic rings. The predicted octanol–water partition coefficient (Wildman–Crippen LogP) is 4.49. The van der Waals surface area contributed by atoms with E-state index < -0.39 is 0 Å². The predicted molar refractivity (Wildman–Crippen MR) is 98.6 cm³/mol. The molecule has 4 nitrogen and oxygen atoms in total. The van der Waals surface area contributed by atoms with Crippen molar-refractivity contribution in [2.75, 3.05) is 23.9 Å². The van der Waals surface area contributed by atoms with Gasteiger partial charge in [-0.15, -0.1) is 0 Å². The van der Waals surface area contributed by atoms with Crippen molar-refractivity contribution in [3.05, 3.63) is 46.6 Å². The molecule has 1 heterocycles. The molecule has 120 valence electrons. The molecule has 0 atom stereocenters. The zero-order chi connectivity index (χ0) is 16.2. The Balaban J connectivity index is 2.11. The lowest BCUT2D eigenvalue weighted by molar-refractivity contribution is 0.345. The highest BCUT2D eigenvalue weighted by atomic mass is 79.9. The number of ether oxygens (including phenoxy) is 2. The Kier molecular flexibility index (Phi) is 5.23. The lowest BCUT2D eigenvalue weighted by Crippen LogP contribution is -2.04. The van der Waals surface area contributed by atoms with Gasteiger partial charge in [-0.1, -0.05) is 31.9 Å². The van der Waals surface area contributed by atoms with Gasteiger partial charge in [0.2, 0.25) is 5.43 Å². The molecule has 3 aromatic rings. The van der Waals surface area contributed by atoms with Crippen molar-refractivity contribution >= 4 is 53.8 Å². The van der Waals surface area contributed by atoms with Gasteiger partial charge in [-0.2, -0.15) is 0 Å². The third-order valence-corrected chi connectivity index (χ3v) is 3.95. The summed E-state index contributed by atoms with van der Waals surface area (Å²) in [6.45, 7) is 1.07. The van der Waals surface area contributed by atoms with Crippen molar-refractivity contribution in [3.8, 4) is 11.5 Å².